The van der Waals surface area contributed by atoms with Crippen LogP contribution < -0.4 is 10.6 Å². The molecule has 2 heterocycles. The van der Waals surface area contributed by atoms with Gasteiger partial charge in [-0.3, -0.25) is 0 Å². The summed E-state index contributed by atoms with van der Waals surface area (Å²) in [6, 6.07) is 2.91. The van der Waals surface area contributed by atoms with Gasteiger partial charge in [0.1, 0.15) is 0 Å². The van der Waals surface area contributed by atoms with Crippen molar-refractivity contribution in [3.8, 4) is 0 Å². The highest BCUT2D eigenvalue weighted by Crippen LogP contribution is 2.22. The van der Waals surface area contributed by atoms with Crippen LogP contribution in [0.3, 0.4) is 0 Å². The highest BCUT2D eigenvalue weighted by atomic mass is 32.1. The number of hydrogen-bond acceptors (Lipinski definition) is 4. The minimum atomic E-state index is -0.682. The lowest BCUT2D eigenvalue weighted by molar-refractivity contribution is 0.578. The van der Waals surface area contributed by atoms with Crippen molar-refractivity contribution in [2.45, 2.75) is 26.8 Å². The molecule has 0 fully saturated rings. The van der Waals surface area contributed by atoms with E-state index in [1.165, 1.54) is 5.56 Å². The molecule has 0 atom stereocenters. The fraction of sp³-hybridized carbons (Fsp3) is 0.357. The molecule has 0 aromatic carbocycles. The van der Waals surface area contributed by atoms with E-state index in [1.807, 2.05) is 12.3 Å². The molecule has 6 heteroatoms. The maximum Gasteiger partial charge on any atom is 0.168 e. The first kappa shape index (κ1) is 14.7. The fourth-order valence-electron chi connectivity index (χ4n) is 1.88. The largest absolute Gasteiger partial charge is 0.368 e. The van der Waals surface area contributed by atoms with E-state index in [-0.39, 0.29) is 11.6 Å². The summed E-state index contributed by atoms with van der Waals surface area (Å²) in [6.07, 6.45) is 0.933. The van der Waals surface area contributed by atoms with Crippen LogP contribution in [0.5, 0.6) is 0 Å². The molecule has 2 aromatic heterocycles. The topological polar surface area (TPSA) is 37.0 Å². The first-order valence-corrected chi connectivity index (χ1v) is 7.42. The molecule has 0 aliphatic heterocycles. The number of anilines is 2. The average molecular weight is 297 g/mol. The molecule has 0 aliphatic carbocycles. The van der Waals surface area contributed by atoms with Gasteiger partial charge in [0, 0.05) is 17.5 Å². The third kappa shape index (κ3) is 3.25. The Bertz CT molecular complexity index is 584. The van der Waals surface area contributed by atoms with Gasteiger partial charge in [-0.25, -0.2) is 13.8 Å². The first-order chi connectivity index (χ1) is 9.65. The number of aromatic nitrogens is 1. The van der Waals surface area contributed by atoms with Gasteiger partial charge in [0.2, 0.25) is 0 Å². The smallest absolute Gasteiger partial charge is 0.168 e. The third-order valence-corrected chi connectivity index (χ3v) is 3.87. The van der Waals surface area contributed by atoms with E-state index >= 15 is 0 Å². The zero-order valence-electron chi connectivity index (χ0n) is 11.5. The van der Waals surface area contributed by atoms with E-state index in [4.69, 9.17) is 0 Å². The molecule has 0 radical (unpaired) electrons. The second kappa shape index (κ2) is 6.65. The minimum absolute atomic E-state index is 0.0674. The van der Waals surface area contributed by atoms with Crippen molar-refractivity contribution in [3.63, 3.8) is 0 Å². The lowest BCUT2D eigenvalue weighted by atomic mass is 10.2. The molecule has 2 rings (SSSR count). The Balaban J connectivity index is 2.14. The van der Waals surface area contributed by atoms with Gasteiger partial charge in [-0.05, 0) is 30.4 Å². The molecule has 0 aliphatic rings. The maximum absolute atomic E-state index is 13.7. The predicted molar refractivity (Wildman–Crippen MR) is 79.3 cm³/mol. The van der Waals surface area contributed by atoms with Gasteiger partial charge in [-0.1, -0.05) is 6.92 Å². The summed E-state index contributed by atoms with van der Waals surface area (Å²) in [5.41, 5.74) is 1.23. The van der Waals surface area contributed by atoms with Crippen molar-refractivity contribution >= 4 is 23.0 Å². The molecular formula is C14H17F2N3S. The van der Waals surface area contributed by atoms with Crippen LogP contribution >= 0.6 is 11.3 Å². The number of hydrogen-bond donors (Lipinski definition) is 2. The number of pyridine rings is 1. The maximum atomic E-state index is 13.7. The van der Waals surface area contributed by atoms with E-state index in [9.17, 15) is 8.78 Å². The van der Waals surface area contributed by atoms with Crippen molar-refractivity contribution in [3.05, 3.63) is 39.6 Å². The van der Waals surface area contributed by atoms with Gasteiger partial charge < -0.3 is 10.6 Å². The summed E-state index contributed by atoms with van der Waals surface area (Å²) in [4.78, 5) is 5.09. The molecular weight excluding hydrogens is 280 g/mol. The molecule has 0 saturated heterocycles. The molecule has 0 amide bonds. The predicted octanol–water partition coefficient (Wildman–Crippen LogP) is 4.03. The Morgan fingerprint density at radius 3 is 2.50 bits per heavy atom. The van der Waals surface area contributed by atoms with Crippen LogP contribution in [-0.4, -0.2) is 11.5 Å². The molecule has 2 aromatic rings. The van der Waals surface area contributed by atoms with E-state index in [0.717, 1.165) is 17.4 Å². The molecule has 0 saturated carbocycles. The molecule has 3 nitrogen and oxygen atoms in total. The highest BCUT2D eigenvalue weighted by Gasteiger charge is 2.12. The van der Waals surface area contributed by atoms with E-state index in [2.05, 4.69) is 28.6 Å². The van der Waals surface area contributed by atoms with Crippen LogP contribution in [0.2, 0.25) is 0 Å². The minimum Gasteiger partial charge on any atom is -0.368 e. The van der Waals surface area contributed by atoms with Crippen molar-refractivity contribution in [1.82, 2.24) is 4.98 Å². The second-order valence-corrected chi connectivity index (χ2v) is 5.26. The van der Waals surface area contributed by atoms with Crippen molar-refractivity contribution in [2.75, 3.05) is 17.2 Å². The van der Waals surface area contributed by atoms with Gasteiger partial charge in [0.25, 0.3) is 0 Å². The Kier molecular flexibility index (Phi) is 4.89. The summed E-state index contributed by atoms with van der Waals surface area (Å²) < 4.78 is 27.2. The lowest BCUT2D eigenvalue weighted by Crippen LogP contribution is -2.08. The molecule has 108 valence electrons. The highest BCUT2D eigenvalue weighted by molar-refractivity contribution is 7.10. The number of nitrogens with one attached hydrogen (secondary N) is 2. The Labute approximate surface area is 121 Å². The monoisotopic (exact) mass is 297 g/mol. The second-order valence-electron chi connectivity index (χ2n) is 4.26. The molecule has 0 unspecified atom stereocenters. The number of nitrogens with zero attached hydrogens (tertiary/aromatic N) is 1. The first-order valence-electron chi connectivity index (χ1n) is 6.54. The summed E-state index contributed by atoms with van der Waals surface area (Å²) in [5.74, 6) is -1.23. The van der Waals surface area contributed by atoms with Gasteiger partial charge in [-0.15, -0.1) is 11.3 Å². The summed E-state index contributed by atoms with van der Waals surface area (Å²) in [7, 11) is 0. The van der Waals surface area contributed by atoms with Gasteiger partial charge in [0.05, 0.1) is 6.54 Å². The Morgan fingerprint density at radius 1 is 1.15 bits per heavy atom. The number of halogens is 2. The summed E-state index contributed by atoms with van der Waals surface area (Å²) in [5, 5.41) is 7.71. The normalized spacial score (nSPS) is 10.6. The van der Waals surface area contributed by atoms with Crippen molar-refractivity contribution < 1.29 is 8.78 Å². The molecule has 0 bridgehead atoms. The molecule has 0 spiro atoms. The number of aryl methyl sites for hydroxylation is 1. The van der Waals surface area contributed by atoms with Crippen LogP contribution in [0.15, 0.2) is 17.5 Å². The van der Waals surface area contributed by atoms with Crippen molar-refractivity contribution in [1.29, 1.82) is 0 Å². The number of thiophene rings is 1. The fourth-order valence-corrected chi connectivity index (χ4v) is 2.80. The summed E-state index contributed by atoms with van der Waals surface area (Å²) in [6.45, 7) is 4.92. The number of rotatable bonds is 6. The Hall–Kier alpha value is -1.69. The van der Waals surface area contributed by atoms with Crippen LogP contribution in [0.4, 0.5) is 20.4 Å². The van der Waals surface area contributed by atoms with E-state index < -0.39 is 11.6 Å². The third-order valence-electron chi connectivity index (χ3n) is 2.91. The van der Waals surface area contributed by atoms with E-state index in [0.29, 0.717) is 13.1 Å². The lowest BCUT2D eigenvalue weighted by Gasteiger charge is -2.10. The van der Waals surface area contributed by atoms with Gasteiger partial charge in [-0.2, -0.15) is 0 Å². The average Bonchev–Trinajstić information content (AvgIpc) is 2.88. The van der Waals surface area contributed by atoms with Crippen LogP contribution in [0.1, 0.15) is 24.3 Å². The van der Waals surface area contributed by atoms with Crippen molar-refractivity contribution in [2.24, 2.45) is 0 Å². The standard InChI is InChI=1S/C14H17F2N3S/c1-3-9-5-6-20-12(9)8-18-14-11(16)7-10(15)13(19-14)17-4-2/h5-7H,3-4,8H2,1-2H3,(H2,17,18,19). The van der Waals surface area contributed by atoms with Gasteiger partial charge >= 0.3 is 0 Å². The zero-order valence-corrected chi connectivity index (χ0v) is 12.3. The SMILES string of the molecule is CCNc1nc(NCc2sccc2CC)c(F)cc1F. The van der Waals surface area contributed by atoms with Crippen LogP contribution in [0, 0.1) is 11.6 Å². The molecule has 20 heavy (non-hydrogen) atoms. The van der Waals surface area contributed by atoms with Crippen LogP contribution in [0.25, 0.3) is 0 Å². The quantitative estimate of drug-likeness (QED) is 0.845. The Morgan fingerprint density at radius 2 is 1.85 bits per heavy atom. The molecule has 2 N–H and O–H groups in total. The van der Waals surface area contributed by atoms with E-state index in [1.54, 1.807) is 11.3 Å². The summed E-state index contributed by atoms with van der Waals surface area (Å²) >= 11 is 1.61. The van der Waals surface area contributed by atoms with Gasteiger partial charge in [0.15, 0.2) is 23.3 Å². The zero-order chi connectivity index (χ0) is 14.5. The van der Waals surface area contributed by atoms with Crippen LogP contribution in [-0.2, 0) is 13.0 Å².